The lowest BCUT2D eigenvalue weighted by Crippen LogP contribution is -1.97. The summed E-state index contributed by atoms with van der Waals surface area (Å²) < 4.78 is 16.0. The standard InChI is InChI=1S/C13H7Cl2FN2S/c14-7-2-4-11(9(16)5-7)18-12-6-8(15)1-3-10(12)17-13(18)19/h1-6H,(H,17,19). The highest BCUT2D eigenvalue weighted by Gasteiger charge is 2.11. The Hall–Kier alpha value is -1.36. The first-order valence-corrected chi connectivity index (χ1v) is 6.58. The van der Waals surface area contributed by atoms with E-state index in [2.05, 4.69) is 4.98 Å². The maximum Gasteiger partial charge on any atom is 0.182 e. The molecule has 0 atom stereocenters. The van der Waals surface area contributed by atoms with Crippen molar-refractivity contribution in [2.24, 2.45) is 0 Å². The van der Waals surface area contributed by atoms with E-state index in [-0.39, 0.29) is 0 Å². The van der Waals surface area contributed by atoms with Gasteiger partial charge in [-0.15, -0.1) is 0 Å². The first-order valence-electron chi connectivity index (χ1n) is 5.42. The first kappa shape index (κ1) is 12.7. The third kappa shape index (κ3) is 2.16. The molecule has 0 unspecified atom stereocenters. The number of aromatic amines is 1. The summed E-state index contributed by atoms with van der Waals surface area (Å²) in [5, 5.41) is 0.898. The summed E-state index contributed by atoms with van der Waals surface area (Å²) in [6, 6.07) is 9.74. The molecule has 2 aromatic carbocycles. The first-order chi connectivity index (χ1) is 9.06. The molecule has 0 saturated carbocycles. The topological polar surface area (TPSA) is 20.7 Å². The fourth-order valence-corrected chi connectivity index (χ4v) is 2.61. The number of rotatable bonds is 1. The fourth-order valence-electron chi connectivity index (χ4n) is 1.98. The van der Waals surface area contributed by atoms with Crippen LogP contribution in [0.3, 0.4) is 0 Å². The Labute approximate surface area is 123 Å². The summed E-state index contributed by atoms with van der Waals surface area (Å²) >= 11 is 17.0. The average Bonchev–Trinajstić information content (AvgIpc) is 2.65. The zero-order valence-corrected chi connectivity index (χ0v) is 11.8. The van der Waals surface area contributed by atoms with Gasteiger partial charge in [-0.05, 0) is 48.6 Å². The average molecular weight is 313 g/mol. The smallest absolute Gasteiger partial charge is 0.182 e. The van der Waals surface area contributed by atoms with Crippen LogP contribution in [0.15, 0.2) is 36.4 Å². The molecule has 0 radical (unpaired) electrons. The lowest BCUT2D eigenvalue weighted by Gasteiger charge is -2.06. The highest BCUT2D eigenvalue weighted by molar-refractivity contribution is 7.71. The predicted octanol–water partition coefficient (Wildman–Crippen LogP) is 5.13. The van der Waals surface area contributed by atoms with Crippen molar-refractivity contribution in [3.63, 3.8) is 0 Å². The quantitative estimate of drug-likeness (QED) is 0.617. The third-order valence-electron chi connectivity index (χ3n) is 2.80. The SMILES string of the molecule is Fc1cc(Cl)ccc1-n1c(=S)[nH]c2ccc(Cl)cc21. The van der Waals surface area contributed by atoms with Crippen LogP contribution in [-0.4, -0.2) is 9.55 Å². The van der Waals surface area contributed by atoms with Crippen LogP contribution >= 0.6 is 35.4 Å². The van der Waals surface area contributed by atoms with E-state index in [9.17, 15) is 4.39 Å². The number of hydrogen-bond acceptors (Lipinski definition) is 1. The van der Waals surface area contributed by atoms with Crippen molar-refractivity contribution in [1.29, 1.82) is 0 Å². The van der Waals surface area contributed by atoms with Gasteiger partial charge in [-0.2, -0.15) is 0 Å². The number of H-pyrrole nitrogens is 1. The Balaban J connectivity index is 2.38. The minimum atomic E-state index is -0.440. The number of fused-ring (bicyclic) bond motifs is 1. The lowest BCUT2D eigenvalue weighted by molar-refractivity contribution is 0.619. The van der Waals surface area contributed by atoms with Gasteiger partial charge >= 0.3 is 0 Å². The molecule has 0 fully saturated rings. The maximum atomic E-state index is 14.0. The van der Waals surface area contributed by atoms with Crippen LogP contribution in [0.2, 0.25) is 10.0 Å². The van der Waals surface area contributed by atoms with Gasteiger partial charge < -0.3 is 4.98 Å². The molecule has 0 aliphatic rings. The van der Waals surface area contributed by atoms with Gasteiger partial charge in [0.15, 0.2) is 4.77 Å². The number of imidazole rings is 1. The van der Waals surface area contributed by atoms with E-state index in [0.717, 1.165) is 11.0 Å². The maximum absolute atomic E-state index is 14.0. The number of aromatic nitrogens is 2. The van der Waals surface area contributed by atoms with E-state index in [1.165, 1.54) is 6.07 Å². The molecule has 3 rings (SSSR count). The second kappa shape index (κ2) is 4.63. The largest absolute Gasteiger partial charge is 0.330 e. The van der Waals surface area contributed by atoms with Crippen molar-refractivity contribution < 1.29 is 4.39 Å². The number of nitrogens with zero attached hydrogens (tertiary/aromatic N) is 1. The highest BCUT2D eigenvalue weighted by atomic mass is 35.5. The minimum absolute atomic E-state index is 0.336. The van der Waals surface area contributed by atoms with Gasteiger partial charge in [-0.1, -0.05) is 23.2 Å². The molecule has 6 heteroatoms. The van der Waals surface area contributed by atoms with Crippen LogP contribution in [0.4, 0.5) is 4.39 Å². The molecule has 1 aromatic heterocycles. The second-order valence-corrected chi connectivity index (χ2v) is 5.28. The number of nitrogens with one attached hydrogen (secondary N) is 1. The summed E-state index contributed by atoms with van der Waals surface area (Å²) in [6.07, 6.45) is 0. The molecule has 3 aromatic rings. The summed E-state index contributed by atoms with van der Waals surface area (Å²) in [6.45, 7) is 0. The molecule has 1 N–H and O–H groups in total. The molecule has 2 nitrogen and oxygen atoms in total. The van der Waals surface area contributed by atoms with E-state index in [0.29, 0.717) is 20.5 Å². The van der Waals surface area contributed by atoms with Gasteiger partial charge in [0.05, 0.1) is 16.7 Å². The van der Waals surface area contributed by atoms with Crippen LogP contribution in [0.1, 0.15) is 0 Å². The second-order valence-electron chi connectivity index (χ2n) is 4.02. The fraction of sp³-hybridized carbons (Fsp3) is 0. The van der Waals surface area contributed by atoms with E-state index in [1.54, 1.807) is 34.9 Å². The van der Waals surface area contributed by atoms with Crippen LogP contribution in [0.5, 0.6) is 0 Å². The van der Waals surface area contributed by atoms with E-state index in [4.69, 9.17) is 35.4 Å². The minimum Gasteiger partial charge on any atom is -0.330 e. The van der Waals surface area contributed by atoms with Gasteiger partial charge in [0, 0.05) is 10.0 Å². The van der Waals surface area contributed by atoms with Gasteiger partial charge in [-0.25, -0.2) is 4.39 Å². The number of benzene rings is 2. The number of halogens is 3. The zero-order chi connectivity index (χ0) is 13.6. The monoisotopic (exact) mass is 312 g/mol. The van der Waals surface area contributed by atoms with Crippen LogP contribution in [0, 0.1) is 10.6 Å². The van der Waals surface area contributed by atoms with Crippen molar-refractivity contribution in [3.05, 3.63) is 57.0 Å². The molecule has 0 amide bonds. The van der Waals surface area contributed by atoms with Gasteiger partial charge in [0.25, 0.3) is 0 Å². The Morgan fingerprint density at radius 2 is 1.74 bits per heavy atom. The molecule has 0 bridgehead atoms. The summed E-state index contributed by atoms with van der Waals surface area (Å²) in [7, 11) is 0. The Morgan fingerprint density at radius 1 is 1.05 bits per heavy atom. The van der Waals surface area contributed by atoms with Crippen molar-refractivity contribution in [3.8, 4) is 5.69 Å². The van der Waals surface area contributed by atoms with Crippen molar-refractivity contribution in [2.75, 3.05) is 0 Å². The van der Waals surface area contributed by atoms with Gasteiger partial charge in [0.2, 0.25) is 0 Å². The summed E-state index contributed by atoms with van der Waals surface area (Å²) in [4.78, 5) is 3.01. The third-order valence-corrected chi connectivity index (χ3v) is 3.55. The molecule has 96 valence electrons. The van der Waals surface area contributed by atoms with Crippen molar-refractivity contribution >= 4 is 46.5 Å². The molecule has 0 aliphatic carbocycles. The van der Waals surface area contributed by atoms with Crippen LogP contribution in [-0.2, 0) is 0 Å². The molecular formula is C13H7Cl2FN2S. The Morgan fingerprint density at radius 3 is 2.47 bits per heavy atom. The highest BCUT2D eigenvalue weighted by Crippen LogP contribution is 2.25. The van der Waals surface area contributed by atoms with E-state index >= 15 is 0 Å². The van der Waals surface area contributed by atoms with Gasteiger partial charge in [0.1, 0.15) is 5.82 Å². The van der Waals surface area contributed by atoms with Crippen molar-refractivity contribution in [1.82, 2.24) is 9.55 Å². The van der Waals surface area contributed by atoms with E-state index in [1.807, 2.05) is 0 Å². The Bertz CT molecular complexity index is 838. The van der Waals surface area contributed by atoms with E-state index < -0.39 is 5.82 Å². The van der Waals surface area contributed by atoms with Gasteiger partial charge in [-0.3, -0.25) is 4.57 Å². The lowest BCUT2D eigenvalue weighted by atomic mass is 10.2. The van der Waals surface area contributed by atoms with Crippen LogP contribution in [0.25, 0.3) is 16.7 Å². The molecule has 0 spiro atoms. The summed E-state index contributed by atoms with van der Waals surface area (Å²) in [5.41, 5.74) is 1.85. The summed E-state index contributed by atoms with van der Waals surface area (Å²) in [5.74, 6) is -0.440. The predicted molar refractivity (Wildman–Crippen MR) is 78.4 cm³/mol. The zero-order valence-electron chi connectivity index (χ0n) is 9.45. The number of hydrogen-bond donors (Lipinski definition) is 1. The Kier molecular flexibility index (Phi) is 3.09. The van der Waals surface area contributed by atoms with Crippen LogP contribution < -0.4 is 0 Å². The molecule has 1 heterocycles. The van der Waals surface area contributed by atoms with Crippen molar-refractivity contribution in [2.45, 2.75) is 0 Å². The normalized spacial score (nSPS) is 11.1. The molecule has 0 aliphatic heterocycles. The molecule has 19 heavy (non-hydrogen) atoms. The molecular weight excluding hydrogens is 306 g/mol. The molecule has 0 saturated heterocycles.